The van der Waals surface area contributed by atoms with E-state index in [1.54, 1.807) is 12.3 Å². The first-order chi connectivity index (χ1) is 16.8. The average Bonchev–Trinajstić information content (AvgIpc) is 3.14. The second-order valence-electron chi connectivity index (χ2n) is 10.6. The van der Waals surface area contributed by atoms with E-state index in [0.717, 1.165) is 42.3 Å². The van der Waals surface area contributed by atoms with E-state index >= 15 is 4.39 Å². The SMILES string of the molecule is CC.CC1CC(NC2=NC(c3cc(F)c4nc(C56CC(C5)C6)n(C(C)C)c4c3)C(Cl)=CN2)CCO1. The van der Waals surface area contributed by atoms with Crippen LogP contribution in [0.2, 0.25) is 0 Å². The van der Waals surface area contributed by atoms with Crippen molar-refractivity contribution in [2.24, 2.45) is 10.9 Å². The number of imidazole rings is 1. The molecule has 0 spiro atoms. The van der Waals surface area contributed by atoms with Gasteiger partial charge in [-0.05, 0) is 76.5 Å². The molecule has 3 aliphatic carbocycles. The Balaban J connectivity index is 0.00000124. The Morgan fingerprint density at radius 3 is 2.63 bits per heavy atom. The molecule has 2 aromatic rings. The minimum absolute atomic E-state index is 0.156. The first-order valence-corrected chi connectivity index (χ1v) is 13.5. The number of nitrogens with one attached hydrogen (secondary N) is 2. The maximum atomic E-state index is 15.4. The Morgan fingerprint density at radius 2 is 2.00 bits per heavy atom. The number of nitrogens with zero attached hydrogens (tertiary/aromatic N) is 3. The predicted molar refractivity (Wildman–Crippen MR) is 139 cm³/mol. The van der Waals surface area contributed by atoms with Gasteiger partial charge in [0, 0.05) is 30.3 Å². The molecule has 4 fully saturated rings. The second-order valence-corrected chi connectivity index (χ2v) is 11.1. The van der Waals surface area contributed by atoms with Crippen molar-refractivity contribution in [2.45, 2.75) is 96.4 Å². The lowest BCUT2D eigenvalue weighted by Gasteiger charge is -2.61. The summed E-state index contributed by atoms with van der Waals surface area (Å²) in [6, 6.07) is 3.60. The van der Waals surface area contributed by atoms with E-state index in [2.05, 4.69) is 36.0 Å². The Kier molecular flexibility index (Phi) is 6.60. The van der Waals surface area contributed by atoms with Gasteiger partial charge < -0.3 is 19.9 Å². The minimum atomic E-state index is -0.458. The number of aliphatic imine (C=N–C) groups is 1. The zero-order valence-corrected chi connectivity index (χ0v) is 22.1. The summed E-state index contributed by atoms with van der Waals surface area (Å²) in [5.41, 5.74) is 2.20. The van der Waals surface area contributed by atoms with Crippen LogP contribution in [0.5, 0.6) is 0 Å². The summed E-state index contributed by atoms with van der Waals surface area (Å²) in [4.78, 5) is 9.66. The molecule has 0 radical (unpaired) electrons. The molecule has 1 aromatic heterocycles. The van der Waals surface area contributed by atoms with E-state index in [1.807, 2.05) is 19.9 Å². The van der Waals surface area contributed by atoms with Gasteiger partial charge in [0.15, 0.2) is 11.8 Å². The minimum Gasteiger partial charge on any atom is -0.378 e. The van der Waals surface area contributed by atoms with E-state index in [9.17, 15) is 0 Å². The highest BCUT2D eigenvalue weighted by Gasteiger charge is 2.60. The summed E-state index contributed by atoms with van der Waals surface area (Å²) in [5, 5.41) is 7.17. The van der Waals surface area contributed by atoms with E-state index in [4.69, 9.17) is 26.3 Å². The molecular formula is C27H37ClFN5O. The maximum absolute atomic E-state index is 15.4. The van der Waals surface area contributed by atoms with Crippen LogP contribution in [0.25, 0.3) is 11.0 Å². The largest absolute Gasteiger partial charge is 0.378 e. The van der Waals surface area contributed by atoms with Crippen molar-refractivity contribution in [1.82, 2.24) is 20.2 Å². The molecule has 2 bridgehead atoms. The number of benzene rings is 1. The maximum Gasteiger partial charge on any atom is 0.196 e. The summed E-state index contributed by atoms with van der Waals surface area (Å²) in [6.07, 6.45) is 7.37. The number of ether oxygens (including phenoxy) is 1. The Hall–Kier alpha value is -2.12. The molecule has 2 aliphatic heterocycles. The molecule has 1 aromatic carbocycles. The number of aromatic nitrogens is 2. The van der Waals surface area contributed by atoms with Crippen LogP contribution in [0.15, 0.2) is 28.4 Å². The van der Waals surface area contributed by atoms with Crippen LogP contribution in [-0.2, 0) is 10.2 Å². The molecule has 3 saturated carbocycles. The van der Waals surface area contributed by atoms with E-state index in [0.29, 0.717) is 16.5 Å². The third-order valence-corrected chi connectivity index (χ3v) is 8.12. The molecule has 3 unspecified atom stereocenters. The lowest BCUT2D eigenvalue weighted by Crippen LogP contribution is -2.56. The lowest BCUT2D eigenvalue weighted by atomic mass is 9.44. The van der Waals surface area contributed by atoms with Gasteiger partial charge in [0.2, 0.25) is 0 Å². The first-order valence-electron chi connectivity index (χ1n) is 13.1. The van der Waals surface area contributed by atoms with Crippen LogP contribution >= 0.6 is 11.6 Å². The van der Waals surface area contributed by atoms with Crippen LogP contribution in [0, 0.1) is 11.7 Å². The van der Waals surface area contributed by atoms with Gasteiger partial charge in [-0.3, -0.25) is 0 Å². The predicted octanol–water partition coefficient (Wildman–Crippen LogP) is 6.07. The molecule has 35 heavy (non-hydrogen) atoms. The van der Waals surface area contributed by atoms with Crippen LogP contribution in [0.1, 0.15) is 90.2 Å². The Labute approximate surface area is 212 Å². The van der Waals surface area contributed by atoms with Crippen LogP contribution in [0.3, 0.4) is 0 Å². The molecule has 2 N–H and O–H groups in total. The number of hydrogen-bond acceptors (Lipinski definition) is 5. The van der Waals surface area contributed by atoms with E-state index in [1.165, 1.54) is 19.3 Å². The van der Waals surface area contributed by atoms with Crippen molar-refractivity contribution in [3.05, 3.63) is 40.6 Å². The number of guanidine groups is 1. The normalized spacial score (nSPS) is 31.4. The smallest absolute Gasteiger partial charge is 0.196 e. The van der Waals surface area contributed by atoms with Crippen molar-refractivity contribution in [3.63, 3.8) is 0 Å². The molecule has 5 aliphatic rings. The fourth-order valence-corrected chi connectivity index (χ4v) is 6.29. The topological polar surface area (TPSA) is 63.5 Å². The molecule has 8 heteroatoms. The van der Waals surface area contributed by atoms with Gasteiger partial charge in [0.25, 0.3) is 0 Å². The lowest BCUT2D eigenvalue weighted by molar-refractivity contribution is -0.0374. The molecule has 3 heterocycles. The van der Waals surface area contributed by atoms with Crippen molar-refractivity contribution in [3.8, 4) is 0 Å². The standard InChI is InChI=1S/C25H31ClFN5O.C2H6/c1-13(2)32-20-8-16(7-19(27)22(20)30-23(32)25-9-15(10-25)11-25)21-18(26)12-28-24(31-21)29-17-4-5-33-14(3)6-17;1-2/h7-8,12-15,17,21H,4-6,9-11H2,1-3H3,(H2,28,29,31);1-2H3. The molecule has 7 rings (SSSR count). The third-order valence-electron chi connectivity index (χ3n) is 7.81. The zero-order valence-electron chi connectivity index (χ0n) is 21.4. The van der Waals surface area contributed by atoms with Crippen LogP contribution in [-0.4, -0.2) is 34.3 Å². The van der Waals surface area contributed by atoms with Crippen molar-refractivity contribution >= 4 is 28.6 Å². The van der Waals surface area contributed by atoms with Gasteiger partial charge in [-0.25, -0.2) is 14.4 Å². The summed E-state index contributed by atoms with van der Waals surface area (Å²) >= 11 is 6.57. The molecular weight excluding hydrogens is 465 g/mol. The van der Waals surface area contributed by atoms with Gasteiger partial charge in [-0.15, -0.1) is 0 Å². The third kappa shape index (κ3) is 4.25. The van der Waals surface area contributed by atoms with E-state index in [-0.39, 0.29) is 29.4 Å². The van der Waals surface area contributed by atoms with E-state index < -0.39 is 6.04 Å². The van der Waals surface area contributed by atoms with Crippen molar-refractivity contribution in [2.75, 3.05) is 6.61 Å². The molecule has 190 valence electrons. The van der Waals surface area contributed by atoms with Gasteiger partial charge in [0.1, 0.15) is 17.4 Å². The molecule has 0 amide bonds. The fraction of sp³-hybridized carbons (Fsp3) is 0.630. The number of fused-ring (bicyclic) bond motifs is 1. The average molecular weight is 502 g/mol. The van der Waals surface area contributed by atoms with Crippen LogP contribution < -0.4 is 10.6 Å². The zero-order chi connectivity index (χ0) is 24.9. The van der Waals surface area contributed by atoms with Crippen molar-refractivity contribution in [1.29, 1.82) is 0 Å². The second kappa shape index (κ2) is 9.40. The molecule has 6 nitrogen and oxygen atoms in total. The highest BCUT2D eigenvalue weighted by molar-refractivity contribution is 6.30. The monoisotopic (exact) mass is 501 g/mol. The van der Waals surface area contributed by atoms with Gasteiger partial charge in [-0.1, -0.05) is 25.4 Å². The number of rotatable bonds is 4. The van der Waals surface area contributed by atoms with Gasteiger partial charge in [0.05, 0.1) is 16.7 Å². The quantitative estimate of drug-likeness (QED) is 0.533. The molecule has 3 atom stereocenters. The number of hydrogen-bond donors (Lipinski definition) is 2. The number of halogens is 2. The highest BCUT2D eigenvalue weighted by Crippen LogP contribution is 2.65. The molecule has 1 saturated heterocycles. The summed E-state index contributed by atoms with van der Waals surface area (Å²) in [6.45, 7) is 11.1. The van der Waals surface area contributed by atoms with Crippen molar-refractivity contribution < 1.29 is 9.13 Å². The summed E-state index contributed by atoms with van der Waals surface area (Å²) < 4.78 is 23.3. The Bertz CT molecular complexity index is 1150. The fourth-order valence-electron chi connectivity index (χ4n) is 6.06. The summed E-state index contributed by atoms with van der Waals surface area (Å²) in [5.74, 6) is 2.25. The highest BCUT2D eigenvalue weighted by atomic mass is 35.5. The van der Waals surface area contributed by atoms with Gasteiger partial charge >= 0.3 is 0 Å². The summed E-state index contributed by atoms with van der Waals surface area (Å²) in [7, 11) is 0. The van der Waals surface area contributed by atoms with Gasteiger partial charge in [-0.2, -0.15) is 0 Å². The first kappa shape index (κ1) is 24.6. The van der Waals surface area contributed by atoms with Crippen LogP contribution in [0.4, 0.5) is 4.39 Å². The Morgan fingerprint density at radius 1 is 1.26 bits per heavy atom.